The van der Waals surface area contributed by atoms with Crippen LogP contribution in [0.2, 0.25) is 0 Å². The minimum absolute atomic E-state index is 0.508. The molecule has 1 N–H and O–H groups in total. The number of aromatic nitrogens is 3. The molecule has 4 rings (SSSR count). The summed E-state index contributed by atoms with van der Waals surface area (Å²) in [5.41, 5.74) is 0.755. The topological polar surface area (TPSA) is 66.4 Å². The highest BCUT2D eigenvalue weighted by molar-refractivity contribution is 9.10. The van der Waals surface area contributed by atoms with Crippen LogP contribution in [0.25, 0.3) is 0 Å². The Labute approximate surface area is 155 Å². The van der Waals surface area contributed by atoms with E-state index in [0.717, 1.165) is 48.2 Å². The Bertz CT molecular complexity index is 728. The molecule has 1 saturated carbocycles. The molecule has 1 saturated heterocycles. The van der Waals surface area contributed by atoms with E-state index in [-0.39, 0.29) is 0 Å². The van der Waals surface area contributed by atoms with Gasteiger partial charge in [-0.25, -0.2) is 9.97 Å². The molecule has 1 aliphatic carbocycles. The van der Waals surface area contributed by atoms with Crippen LogP contribution in [0.1, 0.15) is 12.8 Å². The first-order valence-electron chi connectivity index (χ1n) is 8.51. The fourth-order valence-corrected chi connectivity index (χ4v) is 3.32. The first-order valence-corrected chi connectivity index (χ1v) is 9.31. The molecular formula is C17H21BrN6O. The van der Waals surface area contributed by atoms with Gasteiger partial charge in [-0.3, -0.25) is 4.90 Å². The lowest BCUT2D eigenvalue weighted by Crippen LogP contribution is -2.47. The van der Waals surface area contributed by atoms with Gasteiger partial charge in [-0.2, -0.15) is 4.98 Å². The van der Waals surface area contributed by atoms with Crippen LogP contribution in [0.5, 0.6) is 5.88 Å². The minimum Gasteiger partial charge on any atom is -0.479 e. The molecule has 2 fully saturated rings. The molecular weight excluding hydrogens is 384 g/mol. The van der Waals surface area contributed by atoms with Crippen LogP contribution < -0.4 is 15.0 Å². The number of methoxy groups -OCH3 is 1. The predicted molar refractivity (Wildman–Crippen MR) is 101 cm³/mol. The smallest absolute Gasteiger partial charge is 0.239 e. The van der Waals surface area contributed by atoms with Gasteiger partial charge in [0.2, 0.25) is 11.8 Å². The van der Waals surface area contributed by atoms with Gasteiger partial charge in [0.1, 0.15) is 11.5 Å². The fraction of sp³-hybridized carbons (Fsp3) is 0.471. The molecule has 1 aliphatic heterocycles. The lowest BCUT2D eigenvalue weighted by Gasteiger charge is -2.35. The van der Waals surface area contributed by atoms with Gasteiger partial charge < -0.3 is 15.0 Å². The molecule has 0 bridgehead atoms. The number of nitrogens with one attached hydrogen (secondary N) is 1. The van der Waals surface area contributed by atoms with E-state index in [1.165, 1.54) is 12.8 Å². The quantitative estimate of drug-likeness (QED) is 0.821. The number of nitrogens with zero attached hydrogens (tertiary/aromatic N) is 5. The maximum Gasteiger partial charge on any atom is 0.239 e. The second kappa shape index (κ2) is 7.13. The lowest BCUT2D eigenvalue weighted by molar-refractivity contribution is 0.247. The Balaban J connectivity index is 1.46. The van der Waals surface area contributed by atoms with Gasteiger partial charge in [0.15, 0.2) is 0 Å². The van der Waals surface area contributed by atoms with Crippen molar-refractivity contribution in [2.45, 2.75) is 18.9 Å². The zero-order chi connectivity index (χ0) is 17.2. The van der Waals surface area contributed by atoms with E-state index in [1.54, 1.807) is 19.5 Å². The van der Waals surface area contributed by atoms with E-state index in [2.05, 4.69) is 46.0 Å². The SMILES string of the molecule is COc1nc(N2CCN(C3CC3)CC2)ccc1Nc1ncc(Br)cn1. The molecule has 0 spiro atoms. The number of piperazine rings is 1. The third kappa shape index (κ3) is 3.85. The summed E-state index contributed by atoms with van der Waals surface area (Å²) in [6.45, 7) is 4.24. The molecule has 0 atom stereocenters. The van der Waals surface area contributed by atoms with Crippen molar-refractivity contribution in [1.82, 2.24) is 19.9 Å². The van der Waals surface area contributed by atoms with Crippen LogP contribution >= 0.6 is 15.9 Å². The average Bonchev–Trinajstić information content (AvgIpc) is 3.49. The minimum atomic E-state index is 0.508. The Kier molecular flexibility index (Phi) is 4.72. The second-order valence-corrected chi connectivity index (χ2v) is 7.25. The molecule has 2 aliphatic rings. The largest absolute Gasteiger partial charge is 0.479 e. The summed E-state index contributed by atoms with van der Waals surface area (Å²) >= 11 is 3.33. The number of hydrogen-bond donors (Lipinski definition) is 1. The van der Waals surface area contributed by atoms with Gasteiger partial charge in [-0.1, -0.05) is 0 Å². The monoisotopic (exact) mass is 404 g/mol. The molecule has 3 heterocycles. The predicted octanol–water partition coefficient (Wildman–Crippen LogP) is 2.67. The average molecular weight is 405 g/mol. The first kappa shape index (κ1) is 16.5. The third-order valence-corrected chi connectivity index (χ3v) is 5.02. The number of anilines is 3. The Morgan fingerprint density at radius 3 is 2.48 bits per heavy atom. The van der Waals surface area contributed by atoms with E-state index < -0.39 is 0 Å². The summed E-state index contributed by atoms with van der Waals surface area (Å²) in [6, 6.07) is 4.83. The van der Waals surface area contributed by atoms with Crippen LogP contribution in [0.3, 0.4) is 0 Å². The molecule has 25 heavy (non-hydrogen) atoms. The van der Waals surface area contributed by atoms with Crippen LogP contribution in [-0.2, 0) is 0 Å². The maximum atomic E-state index is 5.47. The maximum absolute atomic E-state index is 5.47. The highest BCUT2D eigenvalue weighted by Crippen LogP contribution is 2.30. The molecule has 132 valence electrons. The molecule has 8 heteroatoms. The van der Waals surface area contributed by atoms with Crippen molar-refractivity contribution in [3.8, 4) is 5.88 Å². The molecule has 0 radical (unpaired) electrons. The summed E-state index contributed by atoms with van der Waals surface area (Å²) in [4.78, 5) is 18.0. The molecule has 0 aromatic carbocycles. The third-order valence-electron chi connectivity index (χ3n) is 4.61. The lowest BCUT2D eigenvalue weighted by atomic mass is 10.3. The molecule has 2 aromatic heterocycles. The van der Waals surface area contributed by atoms with Crippen molar-refractivity contribution >= 4 is 33.4 Å². The van der Waals surface area contributed by atoms with Crippen molar-refractivity contribution in [2.75, 3.05) is 43.5 Å². The van der Waals surface area contributed by atoms with Crippen molar-refractivity contribution in [2.24, 2.45) is 0 Å². The first-order chi connectivity index (χ1) is 12.2. The summed E-state index contributed by atoms with van der Waals surface area (Å²) in [5, 5.41) is 3.15. The van der Waals surface area contributed by atoms with Crippen molar-refractivity contribution < 1.29 is 4.74 Å². The zero-order valence-corrected chi connectivity index (χ0v) is 15.7. The number of pyridine rings is 1. The zero-order valence-electron chi connectivity index (χ0n) is 14.2. The van der Waals surface area contributed by atoms with Crippen molar-refractivity contribution in [1.29, 1.82) is 0 Å². The number of ether oxygens (including phenoxy) is 1. The Morgan fingerprint density at radius 1 is 1.12 bits per heavy atom. The van der Waals surface area contributed by atoms with E-state index in [0.29, 0.717) is 11.8 Å². The molecule has 7 nitrogen and oxygen atoms in total. The number of rotatable bonds is 5. The Morgan fingerprint density at radius 2 is 1.84 bits per heavy atom. The van der Waals surface area contributed by atoms with Gasteiger partial charge in [-0.15, -0.1) is 0 Å². The summed E-state index contributed by atoms with van der Waals surface area (Å²) in [6.07, 6.45) is 6.13. The van der Waals surface area contributed by atoms with E-state index in [9.17, 15) is 0 Å². The highest BCUT2D eigenvalue weighted by Gasteiger charge is 2.31. The molecule has 0 amide bonds. The van der Waals surface area contributed by atoms with Crippen LogP contribution in [0, 0.1) is 0 Å². The van der Waals surface area contributed by atoms with E-state index in [1.807, 2.05) is 12.1 Å². The summed E-state index contributed by atoms with van der Waals surface area (Å²) in [5.74, 6) is 2.01. The van der Waals surface area contributed by atoms with Crippen molar-refractivity contribution in [3.63, 3.8) is 0 Å². The van der Waals surface area contributed by atoms with Gasteiger partial charge in [0, 0.05) is 44.6 Å². The Hall–Kier alpha value is -1.93. The van der Waals surface area contributed by atoms with Crippen LogP contribution in [0.15, 0.2) is 29.0 Å². The van der Waals surface area contributed by atoms with Crippen molar-refractivity contribution in [3.05, 3.63) is 29.0 Å². The molecule has 0 unspecified atom stereocenters. The highest BCUT2D eigenvalue weighted by atomic mass is 79.9. The standard InChI is InChI=1S/C17H21BrN6O/c1-25-16-14(21-17-19-10-12(18)11-20-17)4-5-15(22-16)24-8-6-23(7-9-24)13-2-3-13/h4-5,10-11,13H,2-3,6-9H2,1H3,(H,19,20,21). The van der Waals surface area contributed by atoms with Crippen LogP contribution in [0.4, 0.5) is 17.5 Å². The summed E-state index contributed by atoms with van der Waals surface area (Å²) in [7, 11) is 1.63. The van der Waals surface area contributed by atoms with Gasteiger partial charge >= 0.3 is 0 Å². The van der Waals surface area contributed by atoms with Gasteiger partial charge in [0.05, 0.1) is 11.6 Å². The van der Waals surface area contributed by atoms with E-state index >= 15 is 0 Å². The number of halogens is 1. The van der Waals surface area contributed by atoms with Gasteiger partial charge in [-0.05, 0) is 40.9 Å². The molecule has 2 aromatic rings. The normalized spacial score (nSPS) is 18.2. The van der Waals surface area contributed by atoms with Gasteiger partial charge in [0.25, 0.3) is 0 Å². The summed E-state index contributed by atoms with van der Waals surface area (Å²) < 4.78 is 6.30. The second-order valence-electron chi connectivity index (χ2n) is 6.33. The number of hydrogen-bond acceptors (Lipinski definition) is 7. The van der Waals surface area contributed by atoms with Crippen LogP contribution in [-0.4, -0.2) is 59.2 Å². The fourth-order valence-electron chi connectivity index (χ4n) is 3.11. The van der Waals surface area contributed by atoms with E-state index in [4.69, 9.17) is 4.74 Å².